The molecule has 1 rings (SSSR count). The number of ether oxygens (including phenoxy) is 1. The molecule has 0 radical (unpaired) electrons. The van der Waals surface area contributed by atoms with Gasteiger partial charge in [0.2, 0.25) is 0 Å². The van der Waals surface area contributed by atoms with Crippen molar-refractivity contribution in [2.75, 3.05) is 26.8 Å². The van der Waals surface area contributed by atoms with Crippen LogP contribution in [0.5, 0.6) is 0 Å². The molecule has 0 bridgehead atoms. The molecule has 0 aromatic rings. The molecule has 3 unspecified atom stereocenters. The highest BCUT2D eigenvalue weighted by molar-refractivity contribution is 4.95. The van der Waals surface area contributed by atoms with E-state index < -0.39 is 0 Å². The van der Waals surface area contributed by atoms with E-state index in [4.69, 9.17) is 4.74 Å². The average molecular weight is 242 g/mol. The van der Waals surface area contributed by atoms with Gasteiger partial charge in [-0.15, -0.1) is 0 Å². The van der Waals surface area contributed by atoms with Crippen LogP contribution < -0.4 is 5.32 Å². The summed E-state index contributed by atoms with van der Waals surface area (Å²) in [4.78, 5) is 2.65. The van der Waals surface area contributed by atoms with E-state index in [0.717, 1.165) is 19.7 Å². The Morgan fingerprint density at radius 2 is 2.18 bits per heavy atom. The molecule has 3 heteroatoms. The molecule has 0 amide bonds. The van der Waals surface area contributed by atoms with Crippen LogP contribution in [-0.2, 0) is 4.74 Å². The number of nitrogens with zero attached hydrogens (tertiary/aromatic N) is 1. The van der Waals surface area contributed by atoms with Gasteiger partial charge < -0.3 is 10.1 Å². The van der Waals surface area contributed by atoms with Crippen LogP contribution in [0.15, 0.2) is 0 Å². The van der Waals surface area contributed by atoms with E-state index in [2.05, 4.69) is 37.9 Å². The quantitative estimate of drug-likeness (QED) is 0.773. The molecule has 1 aliphatic heterocycles. The molecule has 1 fully saturated rings. The van der Waals surface area contributed by atoms with Crippen LogP contribution in [0.1, 0.15) is 47.0 Å². The summed E-state index contributed by atoms with van der Waals surface area (Å²) in [6.45, 7) is 12.2. The Morgan fingerprint density at radius 1 is 1.47 bits per heavy atom. The Morgan fingerprint density at radius 3 is 2.71 bits per heavy atom. The third-order valence-corrected chi connectivity index (χ3v) is 4.14. The Balaban J connectivity index is 2.68. The minimum Gasteiger partial charge on any atom is -0.383 e. The fourth-order valence-corrected chi connectivity index (χ4v) is 2.76. The Bertz CT molecular complexity index is 222. The zero-order chi connectivity index (χ0) is 12.9. The second-order valence-corrected chi connectivity index (χ2v) is 5.71. The zero-order valence-electron chi connectivity index (χ0n) is 12.3. The van der Waals surface area contributed by atoms with Gasteiger partial charge in [-0.3, -0.25) is 4.90 Å². The number of hydrogen-bond donors (Lipinski definition) is 1. The topological polar surface area (TPSA) is 24.5 Å². The smallest absolute Gasteiger partial charge is 0.0615 e. The summed E-state index contributed by atoms with van der Waals surface area (Å²) in [7, 11) is 1.80. The van der Waals surface area contributed by atoms with Crippen LogP contribution >= 0.6 is 0 Å². The Kier molecular flexibility index (Phi) is 5.90. The lowest BCUT2D eigenvalue weighted by Gasteiger charge is -2.48. The van der Waals surface area contributed by atoms with E-state index in [-0.39, 0.29) is 5.54 Å². The molecule has 1 aliphatic rings. The van der Waals surface area contributed by atoms with E-state index in [1.165, 1.54) is 19.3 Å². The van der Waals surface area contributed by atoms with Crippen molar-refractivity contribution in [3.63, 3.8) is 0 Å². The summed E-state index contributed by atoms with van der Waals surface area (Å²) in [5.41, 5.74) is 0.270. The standard InChI is InChI=1S/C14H30N2O/c1-6-8-13-9-15-14(4,7-2)11-16(13)12(3)10-17-5/h12-13,15H,6-11H2,1-5H3. The van der Waals surface area contributed by atoms with Crippen LogP contribution in [0.25, 0.3) is 0 Å². The van der Waals surface area contributed by atoms with Crippen molar-refractivity contribution in [3.8, 4) is 0 Å². The Hall–Kier alpha value is -0.120. The predicted octanol–water partition coefficient (Wildman–Crippen LogP) is 2.26. The molecule has 102 valence electrons. The van der Waals surface area contributed by atoms with E-state index in [1.807, 2.05) is 0 Å². The first-order chi connectivity index (χ1) is 8.06. The molecular weight excluding hydrogens is 212 g/mol. The third kappa shape index (κ3) is 3.94. The molecule has 1 N–H and O–H groups in total. The van der Waals surface area contributed by atoms with Crippen molar-refractivity contribution in [3.05, 3.63) is 0 Å². The summed E-state index contributed by atoms with van der Waals surface area (Å²) < 4.78 is 5.32. The first-order valence-corrected chi connectivity index (χ1v) is 7.06. The van der Waals surface area contributed by atoms with Crippen LogP contribution in [0.4, 0.5) is 0 Å². The molecule has 17 heavy (non-hydrogen) atoms. The molecule has 3 nitrogen and oxygen atoms in total. The Labute approximate surface area is 107 Å². The number of rotatable bonds is 6. The molecule has 0 aromatic heterocycles. The van der Waals surface area contributed by atoms with Gasteiger partial charge in [0.15, 0.2) is 0 Å². The van der Waals surface area contributed by atoms with Crippen LogP contribution in [-0.4, -0.2) is 49.3 Å². The normalized spacial score (nSPS) is 32.6. The minimum atomic E-state index is 0.270. The summed E-state index contributed by atoms with van der Waals surface area (Å²) in [6, 6.07) is 1.19. The lowest BCUT2D eigenvalue weighted by molar-refractivity contribution is 0.0149. The highest BCUT2D eigenvalue weighted by Gasteiger charge is 2.36. The van der Waals surface area contributed by atoms with Crippen molar-refractivity contribution in [2.45, 2.75) is 64.6 Å². The van der Waals surface area contributed by atoms with Gasteiger partial charge in [-0.05, 0) is 26.7 Å². The highest BCUT2D eigenvalue weighted by Crippen LogP contribution is 2.23. The molecule has 0 saturated carbocycles. The van der Waals surface area contributed by atoms with Crippen molar-refractivity contribution < 1.29 is 4.74 Å². The van der Waals surface area contributed by atoms with E-state index in [1.54, 1.807) is 7.11 Å². The van der Waals surface area contributed by atoms with E-state index in [0.29, 0.717) is 12.1 Å². The summed E-state index contributed by atoms with van der Waals surface area (Å²) in [5, 5.41) is 3.72. The van der Waals surface area contributed by atoms with E-state index >= 15 is 0 Å². The van der Waals surface area contributed by atoms with Gasteiger partial charge in [-0.2, -0.15) is 0 Å². The molecule has 0 aromatic carbocycles. The minimum absolute atomic E-state index is 0.270. The summed E-state index contributed by atoms with van der Waals surface area (Å²) >= 11 is 0. The lowest BCUT2D eigenvalue weighted by atomic mass is 9.91. The first kappa shape index (κ1) is 14.9. The molecule has 3 atom stereocenters. The van der Waals surface area contributed by atoms with Gasteiger partial charge in [-0.1, -0.05) is 20.3 Å². The fourth-order valence-electron chi connectivity index (χ4n) is 2.76. The van der Waals surface area contributed by atoms with Crippen molar-refractivity contribution in [1.29, 1.82) is 0 Å². The first-order valence-electron chi connectivity index (χ1n) is 7.06. The molecular formula is C14H30N2O. The molecule has 0 spiro atoms. The number of methoxy groups -OCH3 is 1. The van der Waals surface area contributed by atoms with Crippen molar-refractivity contribution in [1.82, 2.24) is 10.2 Å². The third-order valence-electron chi connectivity index (χ3n) is 4.14. The van der Waals surface area contributed by atoms with Gasteiger partial charge in [0, 0.05) is 37.8 Å². The number of hydrogen-bond acceptors (Lipinski definition) is 3. The highest BCUT2D eigenvalue weighted by atomic mass is 16.5. The van der Waals surface area contributed by atoms with Crippen LogP contribution in [0.2, 0.25) is 0 Å². The second kappa shape index (κ2) is 6.72. The average Bonchev–Trinajstić information content (AvgIpc) is 2.32. The lowest BCUT2D eigenvalue weighted by Crippen LogP contribution is -2.64. The van der Waals surface area contributed by atoms with Crippen molar-refractivity contribution >= 4 is 0 Å². The van der Waals surface area contributed by atoms with Crippen molar-refractivity contribution in [2.24, 2.45) is 0 Å². The molecule has 0 aliphatic carbocycles. The van der Waals surface area contributed by atoms with Gasteiger partial charge >= 0.3 is 0 Å². The summed E-state index contributed by atoms with van der Waals surface area (Å²) in [6.07, 6.45) is 3.72. The zero-order valence-corrected chi connectivity index (χ0v) is 12.3. The maximum atomic E-state index is 5.32. The monoisotopic (exact) mass is 242 g/mol. The number of piperazine rings is 1. The van der Waals surface area contributed by atoms with Crippen LogP contribution in [0, 0.1) is 0 Å². The van der Waals surface area contributed by atoms with Gasteiger partial charge in [0.1, 0.15) is 0 Å². The maximum Gasteiger partial charge on any atom is 0.0615 e. The predicted molar refractivity (Wildman–Crippen MR) is 73.4 cm³/mol. The van der Waals surface area contributed by atoms with Crippen LogP contribution in [0.3, 0.4) is 0 Å². The summed E-state index contributed by atoms with van der Waals surface area (Å²) in [5.74, 6) is 0. The maximum absolute atomic E-state index is 5.32. The van der Waals surface area contributed by atoms with Gasteiger partial charge in [0.05, 0.1) is 6.61 Å². The number of nitrogens with one attached hydrogen (secondary N) is 1. The fraction of sp³-hybridized carbons (Fsp3) is 1.00. The second-order valence-electron chi connectivity index (χ2n) is 5.71. The van der Waals surface area contributed by atoms with Gasteiger partial charge in [0.25, 0.3) is 0 Å². The van der Waals surface area contributed by atoms with Gasteiger partial charge in [-0.25, -0.2) is 0 Å². The van der Waals surface area contributed by atoms with E-state index in [9.17, 15) is 0 Å². The molecule has 1 heterocycles. The largest absolute Gasteiger partial charge is 0.383 e. The SMILES string of the molecule is CCCC1CNC(C)(CC)CN1C(C)COC. The molecule has 1 saturated heterocycles.